The van der Waals surface area contributed by atoms with Gasteiger partial charge in [0.15, 0.2) is 11.6 Å². The molecule has 7 heteroatoms. The van der Waals surface area contributed by atoms with Gasteiger partial charge in [0.1, 0.15) is 11.2 Å². The number of nitrogens with zero attached hydrogens (tertiary/aromatic N) is 1. The predicted molar refractivity (Wildman–Crippen MR) is 138 cm³/mol. The maximum absolute atomic E-state index is 13.3. The molecule has 36 heavy (non-hydrogen) atoms. The molecule has 5 rings (SSSR count). The standard InChI is InChI=1S/C29H31NO6/c1-30-22-10-8-18(26(33)28(35)12-4-2-5-13-28)16-20(22)24(31)25(32)21-17-19(9-11-23(21)30)27(34)29(36)14-6-3-7-15-29/h8-11,16-17,35-36H,2-7,12-15H2,1H3. The summed E-state index contributed by atoms with van der Waals surface area (Å²) in [6, 6.07) is 9.23. The molecule has 0 atom stereocenters. The Bertz CT molecular complexity index is 1390. The molecule has 2 aromatic carbocycles. The summed E-state index contributed by atoms with van der Waals surface area (Å²) in [5, 5.41) is 22.0. The number of carbonyl (C=O) groups is 2. The predicted octanol–water partition coefficient (Wildman–Crippen LogP) is 3.81. The van der Waals surface area contributed by atoms with E-state index < -0.39 is 33.6 Å². The summed E-state index contributed by atoms with van der Waals surface area (Å²) in [5.41, 5.74) is -3.12. The molecule has 2 aliphatic carbocycles. The van der Waals surface area contributed by atoms with Crippen molar-refractivity contribution >= 4 is 33.4 Å². The van der Waals surface area contributed by atoms with Crippen molar-refractivity contribution in [1.29, 1.82) is 0 Å². The first-order valence-corrected chi connectivity index (χ1v) is 12.8. The van der Waals surface area contributed by atoms with Crippen LogP contribution in [0.5, 0.6) is 0 Å². The Morgan fingerprint density at radius 3 is 1.39 bits per heavy atom. The molecule has 0 unspecified atom stereocenters. The minimum absolute atomic E-state index is 0.0859. The Hall–Kier alpha value is -3.16. The van der Waals surface area contributed by atoms with Crippen LogP contribution in [0.4, 0.5) is 0 Å². The molecule has 188 valence electrons. The van der Waals surface area contributed by atoms with Crippen LogP contribution in [0.1, 0.15) is 84.9 Å². The maximum Gasteiger partial charge on any atom is 0.235 e. The van der Waals surface area contributed by atoms with E-state index in [1.807, 2.05) is 0 Å². The lowest BCUT2D eigenvalue weighted by molar-refractivity contribution is 0.0116. The van der Waals surface area contributed by atoms with Gasteiger partial charge < -0.3 is 14.8 Å². The van der Waals surface area contributed by atoms with Crippen molar-refractivity contribution in [3.8, 4) is 0 Å². The molecule has 2 N–H and O–H groups in total. The van der Waals surface area contributed by atoms with Crippen LogP contribution in [0.3, 0.4) is 0 Å². The first kappa shape index (κ1) is 24.5. The SMILES string of the molecule is Cn1c2ccc(C(=O)C3(O)CCCCC3)cc2c(=O)c(=O)c2cc(C(=O)C3(O)CCCCC3)ccc21. The highest BCUT2D eigenvalue weighted by Gasteiger charge is 2.38. The maximum atomic E-state index is 13.3. The van der Waals surface area contributed by atoms with E-state index in [2.05, 4.69) is 0 Å². The molecule has 3 aromatic rings. The summed E-state index contributed by atoms with van der Waals surface area (Å²) in [6.45, 7) is 0. The van der Waals surface area contributed by atoms with E-state index in [0.29, 0.717) is 36.7 Å². The molecule has 0 amide bonds. The molecule has 0 spiro atoms. The summed E-state index contributed by atoms with van der Waals surface area (Å²) in [5.74, 6) is -0.855. The van der Waals surface area contributed by atoms with Gasteiger partial charge in [-0.3, -0.25) is 19.2 Å². The topological polar surface area (TPSA) is 114 Å². The van der Waals surface area contributed by atoms with Gasteiger partial charge in [0, 0.05) is 18.2 Å². The number of hydrogen-bond donors (Lipinski definition) is 2. The number of Topliss-reactive ketones (excluding diaryl/α,β-unsaturated/α-hetero) is 2. The highest BCUT2D eigenvalue weighted by Crippen LogP contribution is 2.33. The molecule has 1 heterocycles. The zero-order valence-electron chi connectivity index (χ0n) is 20.5. The average molecular weight is 490 g/mol. The highest BCUT2D eigenvalue weighted by atomic mass is 16.3. The van der Waals surface area contributed by atoms with Gasteiger partial charge in [0.25, 0.3) is 0 Å². The van der Waals surface area contributed by atoms with Gasteiger partial charge in [0.2, 0.25) is 10.9 Å². The average Bonchev–Trinajstić information content (AvgIpc) is 2.97. The Kier molecular flexibility index (Phi) is 6.17. The first-order chi connectivity index (χ1) is 17.1. The van der Waals surface area contributed by atoms with Gasteiger partial charge in [-0.2, -0.15) is 0 Å². The zero-order valence-corrected chi connectivity index (χ0v) is 20.5. The molecule has 0 bridgehead atoms. The second kappa shape index (κ2) is 9.05. The van der Waals surface area contributed by atoms with E-state index in [4.69, 9.17) is 0 Å². The van der Waals surface area contributed by atoms with Gasteiger partial charge in [0.05, 0.1) is 21.8 Å². The molecular weight excluding hydrogens is 458 g/mol. The van der Waals surface area contributed by atoms with Crippen LogP contribution in [0.2, 0.25) is 0 Å². The van der Waals surface area contributed by atoms with Crippen molar-refractivity contribution in [1.82, 2.24) is 4.57 Å². The molecule has 2 saturated carbocycles. The number of rotatable bonds is 4. The second-order valence-corrected chi connectivity index (χ2v) is 10.5. The zero-order chi connectivity index (χ0) is 25.7. The van der Waals surface area contributed by atoms with Crippen LogP contribution in [0.15, 0.2) is 46.0 Å². The van der Waals surface area contributed by atoms with Crippen molar-refractivity contribution in [2.45, 2.75) is 75.4 Å². The largest absolute Gasteiger partial charge is 0.382 e. The third kappa shape index (κ3) is 4.00. The third-order valence-electron chi connectivity index (χ3n) is 8.14. The highest BCUT2D eigenvalue weighted by molar-refractivity contribution is 6.06. The summed E-state index contributed by atoms with van der Waals surface area (Å²) in [6.07, 6.45) is 6.51. The lowest BCUT2D eigenvalue weighted by atomic mass is 9.79. The van der Waals surface area contributed by atoms with Crippen LogP contribution in [0, 0.1) is 0 Å². The number of aromatic nitrogens is 1. The van der Waals surface area contributed by atoms with Crippen molar-refractivity contribution in [2.75, 3.05) is 0 Å². The molecule has 1 aromatic heterocycles. The van der Waals surface area contributed by atoms with Crippen LogP contribution in [-0.4, -0.2) is 37.5 Å². The minimum atomic E-state index is -1.45. The van der Waals surface area contributed by atoms with Crippen LogP contribution < -0.4 is 10.9 Å². The Morgan fingerprint density at radius 2 is 1.03 bits per heavy atom. The molecule has 2 aliphatic rings. The normalized spacial score (nSPS) is 19.3. The van der Waals surface area contributed by atoms with E-state index in [0.717, 1.165) is 38.5 Å². The summed E-state index contributed by atoms with van der Waals surface area (Å²) < 4.78 is 1.70. The minimum Gasteiger partial charge on any atom is -0.382 e. The van der Waals surface area contributed by atoms with E-state index in [9.17, 15) is 29.4 Å². The lowest BCUT2D eigenvalue weighted by Gasteiger charge is -2.30. The second-order valence-electron chi connectivity index (χ2n) is 10.5. The number of benzene rings is 2. The van der Waals surface area contributed by atoms with Crippen LogP contribution in [-0.2, 0) is 7.05 Å². The Balaban J connectivity index is 1.66. The van der Waals surface area contributed by atoms with Gasteiger partial charge in [-0.1, -0.05) is 38.5 Å². The van der Waals surface area contributed by atoms with E-state index in [-0.39, 0.29) is 21.9 Å². The van der Waals surface area contributed by atoms with E-state index in [1.165, 1.54) is 12.1 Å². The number of hydrogen-bond acceptors (Lipinski definition) is 6. The monoisotopic (exact) mass is 489 g/mol. The number of carbonyl (C=O) groups excluding carboxylic acids is 2. The van der Waals surface area contributed by atoms with Gasteiger partial charge in [-0.05, 0) is 62.1 Å². The van der Waals surface area contributed by atoms with Crippen molar-refractivity contribution < 1.29 is 19.8 Å². The van der Waals surface area contributed by atoms with Gasteiger partial charge >= 0.3 is 0 Å². The van der Waals surface area contributed by atoms with Crippen molar-refractivity contribution in [3.05, 3.63) is 68.0 Å². The third-order valence-corrected chi connectivity index (χ3v) is 8.14. The molecule has 7 nitrogen and oxygen atoms in total. The molecule has 0 aliphatic heterocycles. The number of aryl methyl sites for hydroxylation is 1. The number of aliphatic hydroxyl groups is 2. The van der Waals surface area contributed by atoms with Crippen LogP contribution >= 0.6 is 0 Å². The summed E-state index contributed by atoms with van der Waals surface area (Å²) in [4.78, 5) is 53.0. The molecular formula is C29H31NO6. The van der Waals surface area contributed by atoms with Gasteiger partial charge in [-0.15, -0.1) is 0 Å². The fraction of sp³-hybridized carbons (Fsp3) is 0.448. The molecule has 2 fully saturated rings. The van der Waals surface area contributed by atoms with E-state index in [1.54, 1.807) is 35.9 Å². The molecule has 0 saturated heterocycles. The Labute approximate surface area is 208 Å². The van der Waals surface area contributed by atoms with Crippen LogP contribution in [0.25, 0.3) is 21.8 Å². The molecule has 0 radical (unpaired) electrons. The summed E-state index contributed by atoms with van der Waals surface area (Å²) >= 11 is 0. The van der Waals surface area contributed by atoms with Crippen molar-refractivity contribution in [3.63, 3.8) is 0 Å². The first-order valence-electron chi connectivity index (χ1n) is 12.8. The number of ketones is 2. The number of fused-ring (bicyclic) bond motifs is 2. The van der Waals surface area contributed by atoms with Gasteiger partial charge in [-0.25, -0.2) is 0 Å². The lowest BCUT2D eigenvalue weighted by Crippen LogP contribution is -2.40. The quantitative estimate of drug-likeness (QED) is 0.426. The smallest absolute Gasteiger partial charge is 0.235 e. The Morgan fingerprint density at radius 1 is 0.667 bits per heavy atom. The fourth-order valence-corrected chi connectivity index (χ4v) is 5.94. The van der Waals surface area contributed by atoms with E-state index >= 15 is 0 Å². The summed E-state index contributed by atoms with van der Waals surface area (Å²) in [7, 11) is 1.72. The van der Waals surface area contributed by atoms with Crippen molar-refractivity contribution in [2.24, 2.45) is 7.05 Å². The fourth-order valence-electron chi connectivity index (χ4n) is 5.94.